The maximum atomic E-state index is 5.49. The predicted molar refractivity (Wildman–Crippen MR) is 114 cm³/mol. The molecule has 0 saturated heterocycles. The van der Waals surface area contributed by atoms with Gasteiger partial charge < -0.3 is 19.7 Å². The smallest absolute Gasteiger partial charge is 0.161 e. The van der Waals surface area contributed by atoms with Crippen molar-refractivity contribution in [2.45, 2.75) is 59.0 Å². The van der Waals surface area contributed by atoms with Gasteiger partial charge in [-0.15, -0.1) is 0 Å². The van der Waals surface area contributed by atoms with Crippen LogP contribution in [0.4, 0.5) is 11.6 Å². The summed E-state index contributed by atoms with van der Waals surface area (Å²) in [7, 11) is 3.36. The molecule has 0 spiro atoms. The molecule has 2 aromatic rings. The molecule has 0 unspecified atom stereocenters. The second-order valence-corrected chi connectivity index (χ2v) is 7.73. The van der Waals surface area contributed by atoms with E-state index in [0.29, 0.717) is 6.04 Å². The molecule has 6 heteroatoms. The summed E-state index contributed by atoms with van der Waals surface area (Å²) in [5.41, 5.74) is 2.56. The molecule has 6 nitrogen and oxygen atoms in total. The van der Waals surface area contributed by atoms with Crippen molar-refractivity contribution in [1.29, 1.82) is 0 Å². The number of fused-ring (bicyclic) bond motifs is 1. The molecule has 152 valence electrons. The van der Waals surface area contributed by atoms with Crippen LogP contribution in [0.15, 0.2) is 18.2 Å². The minimum absolute atomic E-state index is 0.277. The van der Waals surface area contributed by atoms with Crippen LogP contribution in [0.3, 0.4) is 0 Å². The summed E-state index contributed by atoms with van der Waals surface area (Å²) in [4.78, 5) is 11.9. The molecule has 0 amide bonds. The molecule has 0 aliphatic carbocycles. The molecular formula is C22H32N4O2. The van der Waals surface area contributed by atoms with Gasteiger partial charge in [0.1, 0.15) is 17.5 Å². The molecule has 0 radical (unpaired) electrons. The third-order valence-electron chi connectivity index (χ3n) is 5.30. The number of hydrogen-bond acceptors (Lipinski definition) is 6. The molecule has 2 heterocycles. The lowest BCUT2D eigenvalue weighted by Crippen LogP contribution is -2.31. The number of anilines is 2. The van der Waals surface area contributed by atoms with E-state index in [0.717, 1.165) is 54.9 Å². The van der Waals surface area contributed by atoms with Crippen LogP contribution in [0.1, 0.15) is 57.0 Å². The summed E-state index contributed by atoms with van der Waals surface area (Å²) in [6.07, 6.45) is 2.00. The Morgan fingerprint density at radius 1 is 1.04 bits per heavy atom. The van der Waals surface area contributed by atoms with Crippen molar-refractivity contribution < 1.29 is 9.47 Å². The summed E-state index contributed by atoms with van der Waals surface area (Å²) >= 11 is 0. The minimum atomic E-state index is 0.277. The second kappa shape index (κ2) is 8.67. The summed E-state index contributed by atoms with van der Waals surface area (Å²) in [5, 5.41) is 3.50. The number of ether oxygens (including phenoxy) is 2. The van der Waals surface area contributed by atoms with E-state index in [1.54, 1.807) is 14.2 Å². The number of hydrogen-bond donors (Lipinski definition) is 1. The Kier molecular flexibility index (Phi) is 6.27. The Morgan fingerprint density at radius 3 is 2.32 bits per heavy atom. The summed E-state index contributed by atoms with van der Waals surface area (Å²) < 4.78 is 10.9. The van der Waals surface area contributed by atoms with Crippen LogP contribution in [-0.2, 0) is 13.0 Å². The molecule has 1 aromatic heterocycles. The van der Waals surface area contributed by atoms with Gasteiger partial charge in [0.05, 0.1) is 14.2 Å². The quantitative estimate of drug-likeness (QED) is 0.764. The third-order valence-corrected chi connectivity index (χ3v) is 5.30. The van der Waals surface area contributed by atoms with Crippen LogP contribution in [0.2, 0.25) is 0 Å². The zero-order valence-electron chi connectivity index (χ0n) is 17.9. The maximum Gasteiger partial charge on any atom is 0.161 e. The van der Waals surface area contributed by atoms with Crippen LogP contribution in [0, 0.1) is 0 Å². The van der Waals surface area contributed by atoms with E-state index in [1.807, 2.05) is 0 Å². The van der Waals surface area contributed by atoms with Crippen molar-refractivity contribution >= 4 is 11.6 Å². The van der Waals surface area contributed by atoms with E-state index in [9.17, 15) is 0 Å². The number of aromatic nitrogens is 2. The van der Waals surface area contributed by atoms with Gasteiger partial charge in [-0.05, 0) is 43.0 Å². The fraction of sp³-hybridized carbons (Fsp3) is 0.545. The van der Waals surface area contributed by atoms with E-state index >= 15 is 0 Å². The van der Waals surface area contributed by atoms with Crippen LogP contribution in [0.25, 0.3) is 0 Å². The van der Waals surface area contributed by atoms with Gasteiger partial charge in [0.2, 0.25) is 0 Å². The lowest BCUT2D eigenvalue weighted by molar-refractivity contribution is 0.353. The largest absolute Gasteiger partial charge is 0.493 e. The van der Waals surface area contributed by atoms with Crippen molar-refractivity contribution in [3.63, 3.8) is 0 Å². The zero-order valence-corrected chi connectivity index (χ0v) is 17.9. The summed E-state index contributed by atoms with van der Waals surface area (Å²) in [6.45, 7) is 10.3. The molecule has 1 N–H and O–H groups in total. The molecule has 1 aliphatic rings. The third kappa shape index (κ3) is 4.32. The molecule has 0 saturated carbocycles. The van der Waals surface area contributed by atoms with Crippen LogP contribution in [-0.4, -0.2) is 36.8 Å². The average Bonchev–Trinajstić information content (AvgIpc) is 2.71. The predicted octanol–water partition coefficient (Wildman–Crippen LogP) is 4.39. The summed E-state index contributed by atoms with van der Waals surface area (Å²) in [6, 6.07) is 6.63. The van der Waals surface area contributed by atoms with E-state index < -0.39 is 0 Å². The molecule has 1 aliphatic heterocycles. The lowest BCUT2D eigenvalue weighted by Gasteiger charge is -2.31. The number of nitrogens with one attached hydrogen (secondary N) is 1. The van der Waals surface area contributed by atoms with Crippen LogP contribution in [0.5, 0.6) is 11.5 Å². The highest BCUT2D eigenvalue weighted by molar-refractivity contribution is 5.54. The molecular weight excluding hydrogens is 352 g/mol. The van der Waals surface area contributed by atoms with Crippen LogP contribution >= 0.6 is 0 Å². The number of methoxy groups -OCH3 is 2. The second-order valence-electron chi connectivity index (χ2n) is 7.73. The molecule has 0 bridgehead atoms. The first kappa shape index (κ1) is 20.2. The van der Waals surface area contributed by atoms with E-state index in [2.05, 4.69) is 56.1 Å². The monoisotopic (exact) mass is 384 g/mol. The zero-order chi connectivity index (χ0) is 20.3. The average molecular weight is 385 g/mol. The highest BCUT2D eigenvalue weighted by atomic mass is 16.5. The van der Waals surface area contributed by atoms with Crippen molar-refractivity contribution in [2.75, 3.05) is 31.0 Å². The van der Waals surface area contributed by atoms with Crippen molar-refractivity contribution in [1.82, 2.24) is 9.97 Å². The molecule has 0 fully saturated rings. The number of rotatable bonds is 7. The van der Waals surface area contributed by atoms with E-state index in [-0.39, 0.29) is 5.92 Å². The van der Waals surface area contributed by atoms with Crippen molar-refractivity contribution in [3.05, 3.63) is 35.2 Å². The normalized spacial score (nSPS) is 14.6. The molecule has 1 aromatic carbocycles. The Morgan fingerprint density at radius 2 is 1.71 bits per heavy atom. The minimum Gasteiger partial charge on any atom is -0.493 e. The number of benzene rings is 1. The van der Waals surface area contributed by atoms with Gasteiger partial charge in [-0.1, -0.05) is 20.8 Å². The first-order valence-corrected chi connectivity index (χ1v) is 10.1. The van der Waals surface area contributed by atoms with E-state index in [4.69, 9.17) is 19.4 Å². The van der Waals surface area contributed by atoms with Gasteiger partial charge in [-0.2, -0.15) is 0 Å². The topological polar surface area (TPSA) is 59.5 Å². The van der Waals surface area contributed by atoms with Crippen molar-refractivity contribution in [3.8, 4) is 11.5 Å². The van der Waals surface area contributed by atoms with Gasteiger partial charge in [0.25, 0.3) is 0 Å². The highest BCUT2D eigenvalue weighted by Gasteiger charge is 2.22. The highest BCUT2D eigenvalue weighted by Crippen LogP contribution is 2.34. The van der Waals surface area contributed by atoms with Gasteiger partial charge in [-0.3, -0.25) is 0 Å². The number of nitrogens with zero attached hydrogens (tertiary/aromatic N) is 3. The maximum absolute atomic E-state index is 5.49. The van der Waals surface area contributed by atoms with Gasteiger partial charge in [0, 0.05) is 31.1 Å². The van der Waals surface area contributed by atoms with E-state index in [1.165, 1.54) is 11.1 Å². The Hall–Kier alpha value is -2.50. The fourth-order valence-corrected chi connectivity index (χ4v) is 3.38. The van der Waals surface area contributed by atoms with Crippen LogP contribution < -0.4 is 19.7 Å². The SMILES string of the molecule is CC[C@@H](C)Nc1cc(N2CCc3cc(OC)c(OC)cc3C2)nc(C(C)C)n1. The lowest BCUT2D eigenvalue weighted by atomic mass is 9.98. The Balaban J connectivity index is 1.91. The van der Waals surface area contributed by atoms with Crippen molar-refractivity contribution in [2.24, 2.45) is 0 Å². The van der Waals surface area contributed by atoms with Gasteiger partial charge >= 0.3 is 0 Å². The standard InChI is InChI=1S/C22H32N4O2/c1-7-15(4)23-20-12-21(25-22(24-20)14(2)3)26-9-8-16-10-18(27-5)19(28-6)11-17(16)13-26/h10-12,14-15H,7-9,13H2,1-6H3,(H,23,24,25)/t15-/m1/s1. The Labute approximate surface area is 168 Å². The fourth-order valence-electron chi connectivity index (χ4n) is 3.38. The molecule has 1 atom stereocenters. The summed E-state index contributed by atoms with van der Waals surface area (Å²) in [5.74, 6) is 4.60. The first-order valence-electron chi connectivity index (χ1n) is 10.1. The molecule has 28 heavy (non-hydrogen) atoms. The Bertz CT molecular complexity index is 822. The van der Waals surface area contributed by atoms with Gasteiger partial charge in [0.15, 0.2) is 11.5 Å². The molecule has 3 rings (SSSR count). The first-order chi connectivity index (χ1) is 13.4. The van der Waals surface area contributed by atoms with Gasteiger partial charge in [-0.25, -0.2) is 9.97 Å².